The summed E-state index contributed by atoms with van der Waals surface area (Å²) in [6.45, 7) is 6.89. The molecule has 11 nitrogen and oxygen atoms in total. The SMILES string of the molecule is CCCC1(CCO)CN(C/C(=C\C(C)=C/NC)C(=O)Nc2ccc(C(=O)N3CCc4cc(C(=O)c5nc6ccccc6n5C)sc4-c4ncccc43)cc2)C1. The van der Waals surface area contributed by atoms with Gasteiger partial charge in [-0.15, -0.1) is 11.3 Å². The van der Waals surface area contributed by atoms with Crippen LogP contribution in [0.25, 0.3) is 21.6 Å². The van der Waals surface area contributed by atoms with Crippen molar-refractivity contribution >= 4 is 51.3 Å². The summed E-state index contributed by atoms with van der Waals surface area (Å²) in [5.41, 5.74) is 6.71. The fourth-order valence-electron chi connectivity index (χ4n) is 7.99. The zero-order valence-electron chi connectivity index (χ0n) is 31.8. The Kier molecular flexibility index (Phi) is 11.1. The van der Waals surface area contributed by atoms with Gasteiger partial charge in [0.1, 0.15) is 5.69 Å². The number of aliphatic hydroxyl groups is 1. The number of rotatable bonds is 13. The van der Waals surface area contributed by atoms with E-state index in [4.69, 9.17) is 4.98 Å². The van der Waals surface area contributed by atoms with E-state index in [0.717, 1.165) is 59.4 Å². The standard InChI is InChI=1S/C43H47N7O4S/c1-5-17-43(18-21-51)26-49(27-43)25-31(22-28(2)24-44-3)41(53)46-32-14-12-29(13-15-32)42(54)50-20-16-30-23-36(55-39(30)37-35(50)11-8-19-45-37)38(52)40-47-33-9-6-7-10-34(33)48(40)4/h6-15,19,22-24,44,51H,5,16-18,20-21,25-27H2,1-4H3,(H,46,53)/b28-24-,31-22+. The summed E-state index contributed by atoms with van der Waals surface area (Å²) in [6, 6.07) is 20.3. The van der Waals surface area contributed by atoms with E-state index in [2.05, 4.69) is 27.4 Å². The zero-order chi connectivity index (χ0) is 38.7. The maximum atomic E-state index is 14.1. The van der Waals surface area contributed by atoms with Gasteiger partial charge in [-0.2, -0.15) is 0 Å². The van der Waals surface area contributed by atoms with Crippen molar-refractivity contribution in [1.29, 1.82) is 0 Å². The number of para-hydroxylation sites is 2. The first-order valence-electron chi connectivity index (χ1n) is 18.8. The number of likely N-dealkylation sites (tertiary alicyclic amines) is 1. The molecule has 2 aromatic carbocycles. The predicted molar refractivity (Wildman–Crippen MR) is 219 cm³/mol. The van der Waals surface area contributed by atoms with Gasteiger partial charge in [0.2, 0.25) is 5.78 Å². The highest BCUT2D eigenvalue weighted by molar-refractivity contribution is 7.17. The molecule has 0 aliphatic carbocycles. The number of benzene rings is 2. The van der Waals surface area contributed by atoms with Crippen LogP contribution in [-0.4, -0.2) is 82.0 Å². The minimum absolute atomic E-state index is 0.108. The number of allylic oxidation sites excluding steroid dienone is 2. The maximum absolute atomic E-state index is 14.1. The van der Waals surface area contributed by atoms with Gasteiger partial charge in [0.25, 0.3) is 11.8 Å². The predicted octanol–water partition coefficient (Wildman–Crippen LogP) is 6.60. The number of hydrogen-bond donors (Lipinski definition) is 3. The molecule has 5 heterocycles. The van der Waals surface area contributed by atoms with Crippen LogP contribution in [0.4, 0.5) is 11.4 Å². The molecule has 55 heavy (non-hydrogen) atoms. The molecule has 1 saturated heterocycles. The van der Waals surface area contributed by atoms with Crippen LogP contribution in [0.15, 0.2) is 96.3 Å². The molecule has 284 valence electrons. The molecule has 3 N–H and O–H groups in total. The molecule has 1 fully saturated rings. The molecule has 2 amide bonds. The number of pyridine rings is 1. The molecule has 0 radical (unpaired) electrons. The maximum Gasteiger partial charge on any atom is 0.258 e. The molecule has 0 unspecified atom stereocenters. The number of fused-ring (bicyclic) bond motifs is 4. The van der Waals surface area contributed by atoms with Crippen LogP contribution in [0.5, 0.6) is 0 Å². The number of nitrogens with zero attached hydrogens (tertiary/aromatic N) is 5. The molecular formula is C43H47N7O4S. The van der Waals surface area contributed by atoms with Crippen molar-refractivity contribution in [3.63, 3.8) is 0 Å². The average molecular weight is 758 g/mol. The number of amides is 2. The molecule has 0 bridgehead atoms. The molecule has 0 saturated carbocycles. The Morgan fingerprint density at radius 2 is 1.82 bits per heavy atom. The van der Waals surface area contributed by atoms with E-state index in [0.29, 0.717) is 58.4 Å². The summed E-state index contributed by atoms with van der Waals surface area (Å²) in [5.74, 6) is -0.144. The van der Waals surface area contributed by atoms with Crippen molar-refractivity contribution in [1.82, 2.24) is 24.8 Å². The summed E-state index contributed by atoms with van der Waals surface area (Å²) < 4.78 is 1.83. The molecule has 0 atom stereocenters. The van der Waals surface area contributed by atoms with Crippen LogP contribution in [0, 0.1) is 5.41 Å². The highest BCUT2D eigenvalue weighted by atomic mass is 32.1. The number of carbonyl (C=O) groups excluding carboxylic acids is 3. The Hall–Kier alpha value is -5.43. The summed E-state index contributed by atoms with van der Waals surface area (Å²) in [5, 5.41) is 15.7. The van der Waals surface area contributed by atoms with Crippen molar-refractivity contribution in [2.75, 3.05) is 50.1 Å². The quantitative estimate of drug-likeness (QED) is 0.0696. The average Bonchev–Trinajstić information content (AvgIpc) is 3.71. The number of carbonyl (C=O) groups is 3. The lowest BCUT2D eigenvalue weighted by Crippen LogP contribution is -2.57. The Morgan fingerprint density at radius 1 is 1.04 bits per heavy atom. The third-order valence-corrected chi connectivity index (χ3v) is 11.7. The number of imidazole rings is 1. The van der Waals surface area contributed by atoms with E-state index >= 15 is 0 Å². The van der Waals surface area contributed by atoms with Crippen molar-refractivity contribution in [2.24, 2.45) is 12.5 Å². The van der Waals surface area contributed by atoms with Gasteiger partial charge in [-0.05, 0) is 110 Å². The van der Waals surface area contributed by atoms with Gasteiger partial charge in [-0.25, -0.2) is 4.98 Å². The van der Waals surface area contributed by atoms with Crippen LogP contribution >= 0.6 is 11.3 Å². The number of aromatic nitrogens is 3. The second-order valence-corrected chi connectivity index (χ2v) is 15.7. The third kappa shape index (κ3) is 7.75. The molecular weight excluding hydrogens is 711 g/mol. The fraction of sp³-hybridized carbons (Fsp3) is 0.326. The number of aryl methyl sites for hydroxylation is 1. The van der Waals surface area contributed by atoms with Crippen LogP contribution in [0.1, 0.15) is 64.5 Å². The van der Waals surface area contributed by atoms with E-state index in [1.165, 1.54) is 11.3 Å². The van der Waals surface area contributed by atoms with E-state index < -0.39 is 0 Å². The van der Waals surface area contributed by atoms with Gasteiger partial charge in [0.05, 0.1) is 26.5 Å². The summed E-state index contributed by atoms with van der Waals surface area (Å²) in [7, 11) is 3.68. The van der Waals surface area contributed by atoms with Crippen molar-refractivity contribution in [3.05, 3.63) is 118 Å². The first-order valence-corrected chi connectivity index (χ1v) is 19.6. The number of nitrogens with one attached hydrogen (secondary N) is 2. The van der Waals surface area contributed by atoms with Crippen LogP contribution in [0.3, 0.4) is 0 Å². The van der Waals surface area contributed by atoms with E-state index in [9.17, 15) is 19.5 Å². The zero-order valence-corrected chi connectivity index (χ0v) is 32.6. The second kappa shape index (κ2) is 16.1. The third-order valence-electron chi connectivity index (χ3n) is 10.6. The minimum atomic E-state index is -0.203. The van der Waals surface area contributed by atoms with Crippen molar-refractivity contribution in [3.8, 4) is 10.6 Å². The minimum Gasteiger partial charge on any atom is -0.396 e. The fourth-order valence-corrected chi connectivity index (χ4v) is 9.14. The normalized spacial score (nSPS) is 15.5. The Balaban J connectivity index is 1.06. The summed E-state index contributed by atoms with van der Waals surface area (Å²) in [6.07, 6.45) is 8.90. The first kappa shape index (κ1) is 37.9. The van der Waals surface area contributed by atoms with Crippen molar-refractivity contribution < 1.29 is 19.5 Å². The number of thiophene rings is 1. The number of aliphatic hydroxyl groups excluding tert-OH is 1. The Labute approximate surface area is 325 Å². The van der Waals surface area contributed by atoms with Gasteiger partial charge in [0.15, 0.2) is 5.82 Å². The lowest BCUT2D eigenvalue weighted by atomic mass is 9.73. The van der Waals surface area contributed by atoms with Gasteiger partial charge >= 0.3 is 0 Å². The molecule has 5 aromatic rings. The van der Waals surface area contributed by atoms with E-state index in [-0.39, 0.29) is 29.6 Å². The topological polar surface area (TPSA) is 133 Å². The van der Waals surface area contributed by atoms with Gasteiger partial charge in [0, 0.05) is 69.9 Å². The van der Waals surface area contributed by atoms with Crippen LogP contribution < -0.4 is 15.5 Å². The van der Waals surface area contributed by atoms with Gasteiger partial charge in [-0.3, -0.25) is 24.3 Å². The summed E-state index contributed by atoms with van der Waals surface area (Å²) in [4.78, 5) is 56.3. The number of anilines is 2. The number of hydrogen-bond acceptors (Lipinski definition) is 9. The molecule has 2 aliphatic heterocycles. The smallest absolute Gasteiger partial charge is 0.258 e. The lowest BCUT2D eigenvalue weighted by molar-refractivity contribution is -0.113. The molecule has 7 rings (SSSR count). The molecule has 2 aliphatic rings. The first-order chi connectivity index (χ1) is 26.6. The molecule has 3 aromatic heterocycles. The monoisotopic (exact) mass is 757 g/mol. The summed E-state index contributed by atoms with van der Waals surface area (Å²) >= 11 is 1.38. The largest absolute Gasteiger partial charge is 0.396 e. The lowest BCUT2D eigenvalue weighted by Gasteiger charge is -2.50. The highest BCUT2D eigenvalue weighted by Crippen LogP contribution is 2.41. The second-order valence-electron chi connectivity index (χ2n) is 14.6. The Bertz CT molecular complexity index is 2290. The number of ketones is 1. The van der Waals surface area contributed by atoms with E-state index in [1.807, 2.05) is 80.3 Å². The van der Waals surface area contributed by atoms with Crippen molar-refractivity contribution in [2.45, 2.75) is 39.5 Å². The Morgan fingerprint density at radius 3 is 2.55 bits per heavy atom. The van der Waals surface area contributed by atoms with E-state index in [1.54, 1.807) is 35.4 Å². The molecule has 0 spiro atoms. The van der Waals surface area contributed by atoms with Gasteiger partial charge in [-0.1, -0.05) is 25.5 Å². The van der Waals surface area contributed by atoms with Crippen LogP contribution in [-0.2, 0) is 18.3 Å². The van der Waals surface area contributed by atoms with Crippen LogP contribution in [0.2, 0.25) is 0 Å². The van der Waals surface area contributed by atoms with Gasteiger partial charge < -0.3 is 25.2 Å². The highest BCUT2D eigenvalue weighted by Gasteiger charge is 2.42. The molecule has 12 heteroatoms.